The van der Waals surface area contributed by atoms with Gasteiger partial charge in [0.25, 0.3) is 0 Å². The number of benzene rings is 1. The van der Waals surface area contributed by atoms with Crippen molar-refractivity contribution in [2.45, 2.75) is 19.9 Å². The molecule has 13 heavy (non-hydrogen) atoms. The summed E-state index contributed by atoms with van der Waals surface area (Å²) < 4.78 is 0. The lowest BCUT2D eigenvalue weighted by molar-refractivity contribution is 0.393. The highest BCUT2D eigenvalue weighted by Gasteiger charge is 2.26. The van der Waals surface area contributed by atoms with Crippen LogP contribution in [0.4, 0.5) is 0 Å². The van der Waals surface area contributed by atoms with E-state index < -0.39 is 5.41 Å². The number of rotatable bonds is 2. The summed E-state index contributed by atoms with van der Waals surface area (Å²) in [5.74, 6) is 0. The summed E-state index contributed by atoms with van der Waals surface area (Å²) in [6, 6.07) is 11.7. The quantitative estimate of drug-likeness (QED) is 0.747. The molecule has 0 bridgehead atoms. The second-order valence-corrected chi connectivity index (χ2v) is 3.72. The van der Waals surface area contributed by atoms with E-state index in [1.165, 1.54) is 0 Å². The minimum absolute atomic E-state index is 0.223. The van der Waals surface area contributed by atoms with Gasteiger partial charge in [-0.2, -0.15) is 5.26 Å². The van der Waals surface area contributed by atoms with Crippen molar-refractivity contribution in [1.29, 1.82) is 5.26 Å². The Morgan fingerprint density at radius 2 is 1.85 bits per heavy atom. The van der Waals surface area contributed by atoms with Crippen LogP contribution < -0.4 is 5.73 Å². The predicted octanol–water partition coefficient (Wildman–Crippen LogP) is 2.24. The first kappa shape index (κ1) is 9.76. The monoisotopic (exact) mass is 174 g/mol. The molecule has 1 aromatic carbocycles. The maximum Gasteiger partial charge on any atom is 0.0710 e. The van der Waals surface area contributed by atoms with E-state index in [1.54, 1.807) is 0 Å². The fourth-order valence-electron chi connectivity index (χ4n) is 1.15. The Labute approximate surface area is 79.0 Å². The first-order chi connectivity index (χ1) is 6.08. The van der Waals surface area contributed by atoms with Gasteiger partial charge in [-0.05, 0) is 19.4 Å². The smallest absolute Gasteiger partial charge is 0.0710 e. The number of nitrogens with zero attached hydrogens (tertiary/aromatic N) is 1. The van der Waals surface area contributed by atoms with Gasteiger partial charge in [0.05, 0.1) is 11.5 Å². The Morgan fingerprint density at radius 1 is 1.31 bits per heavy atom. The fraction of sp³-hybridized carbons (Fsp3) is 0.364. The van der Waals surface area contributed by atoms with Gasteiger partial charge in [0.2, 0.25) is 0 Å². The highest BCUT2D eigenvalue weighted by atomic mass is 14.7. The van der Waals surface area contributed by atoms with Crippen molar-refractivity contribution in [3.8, 4) is 6.07 Å². The standard InChI is InChI=1S/C11H14N2/c1-11(2,8-12)10(13)9-6-4-3-5-7-9/h3-7,10H,13H2,1-2H3. The molecule has 1 unspecified atom stereocenters. The zero-order valence-electron chi connectivity index (χ0n) is 7.99. The lowest BCUT2D eigenvalue weighted by Crippen LogP contribution is -2.27. The van der Waals surface area contributed by atoms with Crippen molar-refractivity contribution < 1.29 is 0 Å². The van der Waals surface area contributed by atoms with Crippen LogP contribution in [0.2, 0.25) is 0 Å². The molecule has 0 aliphatic carbocycles. The SMILES string of the molecule is CC(C)(C#N)C(N)c1ccccc1. The van der Waals surface area contributed by atoms with Gasteiger partial charge >= 0.3 is 0 Å². The van der Waals surface area contributed by atoms with Crippen molar-refractivity contribution >= 4 is 0 Å². The minimum Gasteiger partial charge on any atom is -0.323 e. The average molecular weight is 174 g/mol. The van der Waals surface area contributed by atoms with Gasteiger partial charge in [-0.25, -0.2) is 0 Å². The molecule has 1 rings (SSSR count). The third-order valence-electron chi connectivity index (χ3n) is 2.22. The highest BCUT2D eigenvalue weighted by molar-refractivity contribution is 5.22. The van der Waals surface area contributed by atoms with Gasteiger partial charge in [-0.15, -0.1) is 0 Å². The molecule has 0 saturated carbocycles. The van der Waals surface area contributed by atoms with E-state index in [0.29, 0.717) is 0 Å². The number of nitrogens with two attached hydrogens (primary N) is 1. The van der Waals surface area contributed by atoms with E-state index in [0.717, 1.165) is 5.56 Å². The summed E-state index contributed by atoms with van der Waals surface area (Å²) in [7, 11) is 0. The normalized spacial score (nSPS) is 13.4. The van der Waals surface area contributed by atoms with Gasteiger partial charge in [-0.1, -0.05) is 30.3 Å². The largest absolute Gasteiger partial charge is 0.323 e. The summed E-state index contributed by atoms with van der Waals surface area (Å²) in [6.07, 6.45) is 0. The molecule has 2 heteroatoms. The average Bonchev–Trinajstić information content (AvgIpc) is 2.18. The van der Waals surface area contributed by atoms with E-state index >= 15 is 0 Å². The summed E-state index contributed by atoms with van der Waals surface area (Å²) in [5.41, 5.74) is 6.46. The molecule has 0 radical (unpaired) electrons. The van der Waals surface area contributed by atoms with Crippen LogP contribution in [0.3, 0.4) is 0 Å². The van der Waals surface area contributed by atoms with E-state index in [4.69, 9.17) is 11.0 Å². The second kappa shape index (κ2) is 3.59. The minimum atomic E-state index is -0.513. The Bertz CT molecular complexity index is 309. The highest BCUT2D eigenvalue weighted by Crippen LogP contribution is 2.29. The molecular formula is C11H14N2. The summed E-state index contributed by atoms with van der Waals surface area (Å²) >= 11 is 0. The summed E-state index contributed by atoms with van der Waals surface area (Å²) in [4.78, 5) is 0. The second-order valence-electron chi connectivity index (χ2n) is 3.72. The zero-order chi connectivity index (χ0) is 9.90. The Balaban J connectivity index is 2.94. The van der Waals surface area contributed by atoms with E-state index in [1.807, 2.05) is 44.2 Å². The van der Waals surface area contributed by atoms with E-state index in [9.17, 15) is 0 Å². The van der Waals surface area contributed by atoms with Crippen LogP contribution in [0.25, 0.3) is 0 Å². The molecule has 1 atom stereocenters. The van der Waals surface area contributed by atoms with Crippen LogP contribution in [0.1, 0.15) is 25.5 Å². The molecule has 0 aliphatic heterocycles. The Hall–Kier alpha value is -1.33. The van der Waals surface area contributed by atoms with Crippen LogP contribution in [-0.4, -0.2) is 0 Å². The van der Waals surface area contributed by atoms with Crippen molar-refractivity contribution in [1.82, 2.24) is 0 Å². The molecule has 0 aromatic heterocycles. The molecule has 2 nitrogen and oxygen atoms in total. The van der Waals surface area contributed by atoms with E-state index in [2.05, 4.69) is 6.07 Å². The number of hydrogen-bond donors (Lipinski definition) is 1. The molecule has 0 fully saturated rings. The molecule has 0 aliphatic rings. The van der Waals surface area contributed by atoms with Crippen molar-refractivity contribution in [3.05, 3.63) is 35.9 Å². The number of nitriles is 1. The van der Waals surface area contributed by atoms with Crippen molar-refractivity contribution in [3.63, 3.8) is 0 Å². The molecule has 1 aromatic rings. The summed E-state index contributed by atoms with van der Waals surface area (Å²) in [6.45, 7) is 3.70. The van der Waals surface area contributed by atoms with Crippen LogP contribution in [0.5, 0.6) is 0 Å². The van der Waals surface area contributed by atoms with Gasteiger partial charge in [0.15, 0.2) is 0 Å². The maximum atomic E-state index is 8.90. The first-order valence-corrected chi connectivity index (χ1v) is 4.29. The van der Waals surface area contributed by atoms with Crippen molar-refractivity contribution in [2.24, 2.45) is 11.1 Å². The third-order valence-corrected chi connectivity index (χ3v) is 2.22. The van der Waals surface area contributed by atoms with Crippen LogP contribution in [-0.2, 0) is 0 Å². The molecule has 2 N–H and O–H groups in total. The van der Waals surface area contributed by atoms with Crippen LogP contribution in [0, 0.1) is 16.7 Å². The molecule has 68 valence electrons. The Kier molecular flexibility index (Phi) is 2.69. The first-order valence-electron chi connectivity index (χ1n) is 4.29. The van der Waals surface area contributed by atoms with Gasteiger partial charge in [-0.3, -0.25) is 0 Å². The molecular weight excluding hydrogens is 160 g/mol. The number of hydrogen-bond acceptors (Lipinski definition) is 2. The molecule has 0 amide bonds. The van der Waals surface area contributed by atoms with Crippen LogP contribution in [0.15, 0.2) is 30.3 Å². The van der Waals surface area contributed by atoms with Crippen molar-refractivity contribution in [2.75, 3.05) is 0 Å². The lowest BCUT2D eigenvalue weighted by atomic mass is 9.82. The van der Waals surface area contributed by atoms with E-state index in [-0.39, 0.29) is 6.04 Å². The topological polar surface area (TPSA) is 49.8 Å². The molecule has 0 heterocycles. The third kappa shape index (κ3) is 2.07. The molecule has 0 spiro atoms. The van der Waals surface area contributed by atoms with Gasteiger partial charge < -0.3 is 5.73 Å². The lowest BCUT2D eigenvalue weighted by Gasteiger charge is -2.24. The van der Waals surface area contributed by atoms with Gasteiger partial charge in [0, 0.05) is 6.04 Å². The van der Waals surface area contributed by atoms with Gasteiger partial charge in [0.1, 0.15) is 0 Å². The predicted molar refractivity (Wildman–Crippen MR) is 52.8 cm³/mol. The zero-order valence-corrected chi connectivity index (χ0v) is 7.99. The maximum absolute atomic E-state index is 8.90. The van der Waals surface area contributed by atoms with Crippen LogP contribution >= 0.6 is 0 Å². The fourth-order valence-corrected chi connectivity index (χ4v) is 1.15. The Morgan fingerprint density at radius 3 is 2.31 bits per heavy atom. The summed E-state index contributed by atoms with van der Waals surface area (Å²) in [5, 5.41) is 8.90. The molecule has 0 saturated heterocycles.